The second kappa shape index (κ2) is 8.75. The van der Waals surface area contributed by atoms with E-state index in [0.29, 0.717) is 5.13 Å². The fourth-order valence-electron chi connectivity index (χ4n) is 2.28. The Bertz CT molecular complexity index is 957. The summed E-state index contributed by atoms with van der Waals surface area (Å²) in [5.74, 6) is -1.19. The van der Waals surface area contributed by atoms with E-state index in [-0.39, 0.29) is 10.7 Å². The van der Waals surface area contributed by atoms with Crippen molar-refractivity contribution in [2.45, 2.75) is 13.3 Å². The number of benzene rings is 1. The van der Waals surface area contributed by atoms with Crippen LogP contribution in [0.1, 0.15) is 22.8 Å². The van der Waals surface area contributed by atoms with Crippen LogP contribution in [0.15, 0.2) is 48.0 Å². The van der Waals surface area contributed by atoms with Gasteiger partial charge in [0.05, 0.1) is 11.3 Å². The van der Waals surface area contributed by atoms with Crippen molar-refractivity contribution in [2.24, 2.45) is 0 Å². The molecule has 0 aliphatic carbocycles. The van der Waals surface area contributed by atoms with E-state index < -0.39 is 18.5 Å². The zero-order valence-corrected chi connectivity index (χ0v) is 16.0. The van der Waals surface area contributed by atoms with Gasteiger partial charge in [0.15, 0.2) is 11.7 Å². The van der Waals surface area contributed by atoms with Crippen molar-refractivity contribution in [1.82, 2.24) is 9.97 Å². The number of rotatable bonds is 6. The van der Waals surface area contributed by atoms with Crippen LogP contribution in [0.2, 0.25) is 5.15 Å². The molecule has 0 aliphatic heterocycles. The highest BCUT2D eigenvalue weighted by Crippen LogP contribution is 2.25. The minimum atomic E-state index is -0.709. The third kappa shape index (κ3) is 4.90. The molecule has 0 fully saturated rings. The molecule has 27 heavy (non-hydrogen) atoms. The molecular weight excluding hydrogens is 386 g/mol. The largest absolute Gasteiger partial charge is 0.452 e. The molecule has 0 saturated heterocycles. The van der Waals surface area contributed by atoms with Gasteiger partial charge >= 0.3 is 5.97 Å². The highest BCUT2D eigenvalue weighted by atomic mass is 35.5. The van der Waals surface area contributed by atoms with Crippen LogP contribution >= 0.6 is 22.9 Å². The molecular formula is C19H16ClN3O3S. The molecule has 1 amide bonds. The molecule has 0 saturated carbocycles. The highest BCUT2D eigenvalue weighted by molar-refractivity contribution is 7.14. The van der Waals surface area contributed by atoms with Crippen LogP contribution in [0.25, 0.3) is 11.3 Å². The van der Waals surface area contributed by atoms with Crippen molar-refractivity contribution in [2.75, 3.05) is 11.9 Å². The van der Waals surface area contributed by atoms with Gasteiger partial charge in [-0.2, -0.15) is 0 Å². The maximum absolute atomic E-state index is 12.0. The number of halogens is 1. The Labute approximate surface area is 165 Å². The third-order valence-electron chi connectivity index (χ3n) is 3.72. The fourth-order valence-corrected chi connectivity index (χ4v) is 3.21. The Morgan fingerprint density at radius 3 is 2.70 bits per heavy atom. The van der Waals surface area contributed by atoms with E-state index in [1.54, 1.807) is 6.07 Å². The molecule has 1 N–H and O–H groups in total. The van der Waals surface area contributed by atoms with E-state index in [2.05, 4.69) is 34.3 Å². The Balaban J connectivity index is 1.56. The molecule has 0 spiro atoms. The number of nitrogens with one attached hydrogen (secondary N) is 1. The summed E-state index contributed by atoms with van der Waals surface area (Å²) in [6, 6.07) is 11.1. The molecule has 2 heterocycles. The fraction of sp³-hybridized carbons (Fsp3) is 0.158. The first-order valence-corrected chi connectivity index (χ1v) is 9.45. The molecule has 3 rings (SSSR count). The number of hydrogen-bond donors (Lipinski definition) is 1. The summed E-state index contributed by atoms with van der Waals surface area (Å²) >= 11 is 7.12. The molecule has 0 atom stereocenters. The summed E-state index contributed by atoms with van der Waals surface area (Å²) in [6.45, 7) is 1.66. The Hall–Kier alpha value is -2.77. The number of carbonyl (C=O) groups excluding carboxylic acids is 2. The van der Waals surface area contributed by atoms with Gasteiger partial charge in [-0.15, -0.1) is 11.3 Å². The standard InChI is InChI=1S/C19H16ClN3O3S/c1-2-12-5-7-13(8-6-12)15-11-27-19(22-15)23-16(24)10-26-18(25)14-4-3-9-21-17(14)20/h3-9,11H,2,10H2,1H3,(H,22,23,24). The Kier molecular flexibility index (Phi) is 6.16. The van der Waals surface area contributed by atoms with Gasteiger partial charge in [-0.05, 0) is 24.1 Å². The van der Waals surface area contributed by atoms with E-state index in [9.17, 15) is 9.59 Å². The van der Waals surface area contributed by atoms with E-state index >= 15 is 0 Å². The van der Waals surface area contributed by atoms with Crippen LogP contribution in [0.3, 0.4) is 0 Å². The molecule has 3 aromatic rings. The lowest BCUT2D eigenvalue weighted by Crippen LogP contribution is -2.21. The number of carbonyl (C=O) groups is 2. The first-order chi connectivity index (χ1) is 13.1. The van der Waals surface area contributed by atoms with Crippen molar-refractivity contribution in [1.29, 1.82) is 0 Å². The first kappa shape index (κ1) is 19.0. The molecule has 2 aromatic heterocycles. The number of nitrogens with zero attached hydrogens (tertiary/aromatic N) is 2. The quantitative estimate of drug-likeness (QED) is 0.494. The minimum absolute atomic E-state index is 0.0292. The van der Waals surface area contributed by atoms with Gasteiger partial charge in [-0.1, -0.05) is 42.8 Å². The van der Waals surface area contributed by atoms with Gasteiger partial charge in [0, 0.05) is 17.1 Å². The zero-order valence-electron chi connectivity index (χ0n) is 14.4. The number of aromatic nitrogens is 2. The summed E-state index contributed by atoms with van der Waals surface area (Å²) in [4.78, 5) is 32.1. The molecule has 0 unspecified atom stereocenters. The maximum atomic E-state index is 12.0. The number of aryl methyl sites for hydroxylation is 1. The number of hydrogen-bond acceptors (Lipinski definition) is 6. The van der Waals surface area contributed by atoms with Crippen molar-refractivity contribution >= 4 is 39.9 Å². The molecule has 0 radical (unpaired) electrons. The summed E-state index contributed by atoms with van der Waals surface area (Å²) < 4.78 is 4.96. The van der Waals surface area contributed by atoms with Crippen molar-refractivity contribution in [3.05, 3.63) is 64.3 Å². The van der Waals surface area contributed by atoms with E-state index in [0.717, 1.165) is 17.7 Å². The van der Waals surface area contributed by atoms with Crippen LogP contribution in [0.4, 0.5) is 5.13 Å². The van der Waals surface area contributed by atoms with Crippen molar-refractivity contribution in [3.63, 3.8) is 0 Å². The average Bonchev–Trinajstić information content (AvgIpc) is 3.15. The molecule has 138 valence electrons. The number of ether oxygens (including phenoxy) is 1. The van der Waals surface area contributed by atoms with E-state index in [1.165, 1.54) is 29.2 Å². The minimum Gasteiger partial charge on any atom is -0.452 e. The van der Waals surface area contributed by atoms with Crippen LogP contribution in [-0.4, -0.2) is 28.5 Å². The smallest absolute Gasteiger partial charge is 0.341 e. The van der Waals surface area contributed by atoms with Gasteiger partial charge in [0.25, 0.3) is 5.91 Å². The molecule has 6 nitrogen and oxygen atoms in total. The molecule has 0 aliphatic rings. The van der Waals surface area contributed by atoms with Gasteiger partial charge in [0.1, 0.15) is 5.15 Å². The van der Waals surface area contributed by atoms with Crippen LogP contribution in [-0.2, 0) is 16.0 Å². The zero-order chi connectivity index (χ0) is 19.2. The van der Waals surface area contributed by atoms with Gasteiger partial charge < -0.3 is 4.74 Å². The van der Waals surface area contributed by atoms with Gasteiger partial charge in [-0.3, -0.25) is 10.1 Å². The highest BCUT2D eigenvalue weighted by Gasteiger charge is 2.15. The monoisotopic (exact) mass is 401 g/mol. The maximum Gasteiger partial charge on any atom is 0.341 e. The number of anilines is 1. The average molecular weight is 402 g/mol. The lowest BCUT2D eigenvalue weighted by Gasteiger charge is -2.05. The summed E-state index contributed by atoms with van der Waals surface area (Å²) in [5, 5.41) is 4.94. The summed E-state index contributed by atoms with van der Waals surface area (Å²) in [7, 11) is 0. The predicted octanol–water partition coefficient (Wildman–Crippen LogP) is 4.22. The van der Waals surface area contributed by atoms with Crippen LogP contribution < -0.4 is 5.32 Å². The van der Waals surface area contributed by atoms with Crippen LogP contribution in [0, 0.1) is 0 Å². The third-order valence-corrected chi connectivity index (χ3v) is 4.78. The van der Waals surface area contributed by atoms with Crippen molar-refractivity contribution < 1.29 is 14.3 Å². The lowest BCUT2D eigenvalue weighted by atomic mass is 10.1. The molecule has 1 aromatic carbocycles. The number of amides is 1. The van der Waals surface area contributed by atoms with Crippen molar-refractivity contribution in [3.8, 4) is 11.3 Å². The predicted molar refractivity (Wildman–Crippen MR) is 105 cm³/mol. The van der Waals surface area contributed by atoms with Gasteiger partial charge in [-0.25, -0.2) is 14.8 Å². The van der Waals surface area contributed by atoms with E-state index in [4.69, 9.17) is 16.3 Å². The number of thiazole rings is 1. The Morgan fingerprint density at radius 1 is 1.22 bits per heavy atom. The normalized spacial score (nSPS) is 10.4. The van der Waals surface area contributed by atoms with E-state index in [1.807, 2.05) is 17.5 Å². The van der Waals surface area contributed by atoms with Gasteiger partial charge in [0.2, 0.25) is 0 Å². The second-order valence-electron chi connectivity index (χ2n) is 5.55. The molecule has 8 heteroatoms. The first-order valence-electron chi connectivity index (χ1n) is 8.19. The SMILES string of the molecule is CCc1ccc(-c2csc(NC(=O)COC(=O)c3cccnc3Cl)n2)cc1. The number of pyridine rings is 1. The lowest BCUT2D eigenvalue weighted by molar-refractivity contribution is -0.119. The summed E-state index contributed by atoms with van der Waals surface area (Å²) in [6.07, 6.45) is 2.43. The molecule has 0 bridgehead atoms. The topological polar surface area (TPSA) is 81.2 Å². The summed E-state index contributed by atoms with van der Waals surface area (Å²) in [5.41, 5.74) is 3.11. The van der Waals surface area contributed by atoms with Crippen LogP contribution in [0.5, 0.6) is 0 Å². The number of esters is 1. The Morgan fingerprint density at radius 2 is 2.00 bits per heavy atom. The second-order valence-corrected chi connectivity index (χ2v) is 6.77.